The largest absolute Gasteiger partial charge is 0.394 e. The Morgan fingerprint density at radius 2 is 2.12 bits per heavy atom. The molecule has 1 atom stereocenters. The second-order valence-electron chi connectivity index (χ2n) is 3.65. The maximum Gasteiger partial charge on any atom is 0.319 e. The summed E-state index contributed by atoms with van der Waals surface area (Å²) in [4.78, 5) is 11.4. The second kappa shape index (κ2) is 7.46. The molecule has 17 heavy (non-hydrogen) atoms. The Hall–Kier alpha value is -1.81. The zero-order chi connectivity index (χ0) is 12.5. The van der Waals surface area contributed by atoms with Gasteiger partial charge in [-0.3, -0.25) is 0 Å². The Morgan fingerprint density at radius 1 is 1.41 bits per heavy atom. The first-order chi connectivity index (χ1) is 8.26. The minimum absolute atomic E-state index is 0.0493. The Labute approximate surface area is 101 Å². The summed E-state index contributed by atoms with van der Waals surface area (Å²) in [5.74, 6) is 0. The number of carbonyl (C=O) groups is 1. The molecule has 4 heteroatoms. The van der Waals surface area contributed by atoms with E-state index in [9.17, 15) is 4.79 Å². The molecule has 0 radical (unpaired) electrons. The van der Waals surface area contributed by atoms with Crippen molar-refractivity contribution in [3.8, 4) is 0 Å². The van der Waals surface area contributed by atoms with E-state index in [4.69, 9.17) is 5.11 Å². The number of rotatable bonds is 5. The maximum absolute atomic E-state index is 11.4. The Bertz CT molecular complexity index is 359. The van der Waals surface area contributed by atoms with Crippen molar-refractivity contribution in [2.24, 2.45) is 0 Å². The van der Waals surface area contributed by atoms with Gasteiger partial charge in [0.2, 0.25) is 0 Å². The highest BCUT2D eigenvalue weighted by atomic mass is 16.3. The zero-order valence-corrected chi connectivity index (χ0v) is 9.89. The van der Waals surface area contributed by atoms with E-state index in [-0.39, 0.29) is 18.7 Å². The third-order valence-electron chi connectivity index (χ3n) is 2.34. The van der Waals surface area contributed by atoms with Gasteiger partial charge in [-0.2, -0.15) is 0 Å². The summed E-state index contributed by atoms with van der Waals surface area (Å²) >= 11 is 0. The predicted molar refractivity (Wildman–Crippen MR) is 68.3 cm³/mol. The highest BCUT2D eigenvalue weighted by Gasteiger charge is 2.06. The number of amides is 2. The van der Waals surface area contributed by atoms with Gasteiger partial charge in [-0.25, -0.2) is 4.79 Å². The highest BCUT2D eigenvalue weighted by Crippen LogP contribution is 1.99. The third kappa shape index (κ3) is 5.17. The zero-order valence-electron chi connectivity index (χ0n) is 9.89. The predicted octanol–water partition coefficient (Wildman–Crippen LogP) is 1.73. The fourth-order valence-electron chi connectivity index (χ4n) is 1.28. The number of aliphatic hydroxyl groups is 1. The molecule has 1 aromatic rings. The lowest BCUT2D eigenvalue weighted by Crippen LogP contribution is -2.41. The molecular weight excluding hydrogens is 216 g/mol. The van der Waals surface area contributed by atoms with Gasteiger partial charge in [0.05, 0.1) is 12.6 Å². The summed E-state index contributed by atoms with van der Waals surface area (Å²) < 4.78 is 0. The van der Waals surface area contributed by atoms with Crippen LogP contribution < -0.4 is 10.6 Å². The van der Waals surface area contributed by atoms with E-state index in [0.717, 1.165) is 5.56 Å². The van der Waals surface area contributed by atoms with Gasteiger partial charge in [0.1, 0.15) is 0 Å². The van der Waals surface area contributed by atoms with Crippen LogP contribution in [0.4, 0.5) is 4.79 Å². The first-order valence-electron chi connectivity index (χ1n) is 5.65. The molecule has 4 nitrogen and oxygen atoms in total. The van der Waals surface area contributed by atoms with Crippen LogP contribution in [0.25, 0.3) is 6.08 Å². The van der Waals surface area contributed by atoms with Gasteiger partial charge < -0.3 is 15.7 Å². The first-order valence-corrected chi connectivity index (χ1v) is 5.65. The molecular formula is C13H18N2O2. The summed E-state index contributed by atoms with van der Waals surface area (Å²) in [5, 5.41) is 14.2. The van der Waals surface area contributed by atoms with Crippen molar-refractivity contribution in [2.45, 2.75) is 19.4 Å². The molecule has 0 spiro atoms. The Morgan fingerprint density at radius 3 is 2.71 bits per heavy atom. The van der Waals surface area contributed by atoms with E-state index >= 15 is 0 Å². The van der Waals surface area contributed by atoms with Crippen LogP contribution in [0.3, 0.4) is 0 Å². The summed E-state index contributed by atoms with van der Waals surface area (Å²) in [6.45, 7) is 1.85. The van der Waals surface area contributed by atoms with E-state index in [0.29, 0.717) is 6.42 Å². The summed E-state index contributed by atoms with van der Waals surface area (Å²) in [7, 11) is 0. The molecule has 0 fully saturated rings. The molecule has 3 N–H and O–H groups in total. The molecule has 0 saturated heterocycles. The molecule has 0 saturated carbocycles. The number of hydrogen-bond acceptors (Lipinski definition) is 2. The number of benzene rings is 1. The number of aliphatic hydroxyl groups excluding tert-OH is 1. The molecule has 0 aliphatic heterocycles. The van der Waals surface area contributed by atoms with Gasteiger partial charge in [-0.1, -0.05) is 37.3 Å². The van der Waals surface area contributed by atoms with E-state index in [1.807, 2.05) is 37.3 Å². The molecule has 0 aliphatic rings. The van der Waals surface area contributed by atoms with E-state index in [1.54, 1.807) is 12.3 Å². The fraction of sp³-hybridized carbons (Fsp3) is 0.308. The van der Waals surface area contributed by atoms with Crippen LogP contribution in [0.2, 0.25) is 0 Å². The first kappa shape index (κ1) is 13.3. The van der Waals surface area contributed by atoms with Gasteiger partial charge in [0, 0.05) is 6.20 Å². The second-order valence-corrected chi connectivity index (χ2v) is 3.65. The van der Waals surface area contributed by atoms with Crippen molar-refractivity contribution >= 4 is 12.1 Å². The normalized spacial score (nSPS) is 12.4. The molecule has 0 heterocycles. The van der Waals surface area contributed by atoms with Crippen molar-refractivity contribution in [3.63, 3.8) is 0 Å². The van der Waals surface area contributed by atoms with Crippen molar-refractivity contribution in [3.05, 3.63) is 42.1 Å². The quantitative estimate of drug-likeness (QED) is 0.726. The number of carbonyl (C=O) groups excluding carboxylic acids is 1. The molecule has 1 rings (SSSR count). The van der Waals surface area contributed by atoms with Crippen LogP contribution in [0, 0.1) is 0 Å². The van der Waals surface area contributed by atoms with Gasteiger partial charge in [0.15, 0.2) is 0 Å². The van der Waals surface area contributed by atoms with Crippen LogP contribution in [0.1, 0.15) is 18.9 Å². The minimum Gasteiger partial charge on any atom is -0.394 e. The van der Waals surface area contributed by atoms with Crippen molar-refractivity contribution in [1.29, 1.82) is 0 Å². The lowest BCUT2D eigenvalue weighted by molar-refractivity contribution is 0.217. The molecule has 0 aliphatic carbocycles. The molecule has 0 aromatic heterocycles. The third-order valence-corrected chi connectivity index (χ3v) is 2.34. The van der Waals surface area contributed by atoms with Gasteiger partial charge in [-0.05, 0) is 18.1 Å². The van der Waals surface area contributed by atoms with Gasteiger partial charge in [-0.15, -0.1) is 0 Å². The van der Waals surface area contributed by atoms with Crippen LogP contribution in [-0.2, 0) is 0 Å². The average molecular weight is 234 g/mol. The average Bonchev–Trinajstić information content (AvgIpc) is 2.37. The topological polar surface area (TPSA) is 61.4 Å². The minimum atomic E-state index is -0.307. The number of urea groups is 1. The van der Waals surface area contributed by atoms with Crippen LogP contribution in [-0.4, -0.2) is 23.8 Å². The smallest absolute Gasteiger partial charge is 0.319 e. The maximum atomic E-state index is 11.4. The van der Waals surface area contributed by atoms with E-state index < -0.39 is 0 Å². The SMILES string of the molecule is CCC(CO)NC(=O)N/C=C/c1ccccc1. The van der Waals surface area contributed by atoms with E-state index in [2.05, 4.69) is 10.6 Å². The molecule has 2 amide bonds. The lowest BCUT2D eigenvalue weighted by Gasteiger charge is -2.13. The van der Waals surface area contributed by atoms with Crippen molar-refractivity contribution in [1.82, 2.24) is 10.6 Å². The molecule has 0 bridgehead atoms. The summed E-state index contributed by atoms with van der Waals surface area (Å²) in [6.07, 6.45) is 4.08. The van der Waals surface area contributed by atoms with Gasteiger partial charge in [0.25, 0.3) is 0 Å². The van der Waals surface area contributed by atoms with Crippen molar-refractivity contribution < 1.29 is 9.90 Å². The Kier molecular flexibility index (Phi) is 5.82. The van der Waals surface area contributed by atoms with Crippen LogP contribution >= 0.6 is 0 Å². The lowest BCUT2D eigenvalue weighted by atomic mass is 10.2. The van der Waals surface area contributed by atoms with Gasteiger partial charge >= 0.3 is 6.03 Å². The molecule has 1 aromatic carbocycles. The van der Waals surface area contributed by atoms with Crippen LogP contribution in [0.5, 0.6) is 0 Å². The molecule has 1 unspecified atom stereocenters. The fourth-order valence-corrected chi connectivity index (χ4v) is 1.28. The summed E-state index contributed by atoms with van der Waals surface area (Å²) in [5.41, 5.74) is 1.02. The number of nitrogens with one attached hydrogen (secondary N) is 2. The Balaban J connectivity index is 2.35. The summed E-state index contributed by atoms with van der Waals surface area (Å²) in [6, 6.07) is 9.18. The van der Waals surface area contributed by atoms with Crippen molar-refractivity contribution in [2.75, 3.05) is 6.61 Å². The standard InChI is InChI=1S/C13H18N2O2/c1-2-12(10-16)15-13(17)14-9-8-11-6-4-3-5-7-11/h3-9,12,16H,2,10H2,1H3,(H2,14,15,17)/b9-8+. The van der Waals surface area contributed by atoms with E-state index in [1.165, 1.54) is 0 Å². The highest BCUT2D eigenvalue weighted by molar-refractivity contribution is 5.76. The van der Waals surface area contributed by atoms with Crippen LogP contribution in [0.15, 0.2) is 36.5 Å². The number of hydrogen-bond donors (Lipinski definition) is 3. The molecule has 92 valence electrons. The monoisotopic (exact) mass is 234 g/mol.